The van der Waals surface area contributed by atoms with Gasteiger partial charge in [0.2, 0.25) is 23.6 Å². The van der Waals surface area contributed by atoms with Crippen LogP contribution >= 0.6 is 0 Å². The minimum atomic E-state index is -1.09. The Morgan fingerprint density at radius 1 is 0.412 bits per heavy atom. The van der Waals surface area contributed by atoms with Crippen molar-refractivity contribution in [3.05, 3.63) is 144 Å². The number of anilines is 4. The lowest BCUT2D eigenvalue weighted by Gasteiger charge is -2.13. The number of hydrogen-bond donors (Lipinski definition) is 7. The highest BCUT2D eigenvalue weighted by molar-refractivity contribution is 6.07. The zero-order chi connectivity index (χ0) is 47.5. The number of benzene rings is 4. The molecule has 14 nitrogen and oxygen atoms in total. The van der Waals surface area contributed by atoms with E-state index in [1.165, 1.54) is 20.8 Å². The van der Waals surface area contributed by atoms with E-state index in [2.05, 4.69) is 31.2 Å². The normalized spacial score (nSPS) is 11.5. The second-order valence-corrected chi connectivity index (χ2v) is 16.2. The van der Waals surface area contributed by atoms with Gasteiger partial charge < -0.3 is 36.3 Å². The number of nitrogens with zero attached hydrogens (tertiary/aromatic N) is 2. The number of hydrogen-bond acceptors (Lipinski definition) is 7. The average molecular weight is 901 g/mol. The number of rotatable bonds is 11. The molecule has 7 aromatic rings. The Bertz CT molecular complexity index is 3410. The molecule has 0 unspecified atom stereocenters. The fraction of sp³-hybridized carbons (Fsp3) is 0.0926. The number of carbonyl (C=O) groups is 5. The van der Waals surface area contributed by atoms with E-state index in [0.717, 1.165) is 0 Å². The van der Waals surface area contributed by atoms with Crippen molar-refractivity contribution in [2.75, 3.05) is 21.3 Å². The van der Waals surface area contributed by atoms with Crippen LogP contribution in [0.15, 0.2) is 121 Å². The molecule has 0 fully saturated rings. The number of aromatic amines is 2. The van der Waals surface area contributed by atoms with E-state index in [4.69, 9.17) is 9.97 Å². The predicted octanol–water partition coefficient (Wildman–Crippen LogP) is 11.0. The van der Waals surface area contributed by atoms with Crippen LogP contribution in [0.5, 0.6) is 0 Å². The van der Waals surface area contributed by atoms with Crippen LogP contribution in [-0.4, -0.2) is 54.6 Å². The highest BCUT2D eigenvalue weighted by Crippen LogP contribution is 2.43. The van der Waals surface area contributed by atoms with Gasteiger partial charge in [-0.1, -0.05) is 72.8 Å². The summed E-state index contributed by atoms with van der Waals surface area (Å²) in [5, 5.41) is 21.3. The number of carboxylic acid groups (broad SMARTS) is 1. The van der Waals surface area contributed by atoms with Crippen molar-refractivity contribution in [2.24, 2.45) is 0 Å². The van der Waals surface area contributed by atoms with E-state index in [1.54, 1.807) is 12.1 Å². The Kier molecular flexibility index (Phi) is 12.1. The summed E-state index contributed by atoms with van der Waals surface area (Å²) in [6.45, 7) is 4.36. The van der Waals surface area contributed by atoms with E-state index < -0.39 is 11.9 Å². The van der Waals surface area contributed by atoms with Gasteiger partial charge in [0.05, 0.1) is 29.2 Å². The molecule has 7 N–H and O–H groups in total. The van der Waals surface area contributed by atoms with Gasteiger partial charge in [0.1, 0.15) is 0 Å². The first-order valence-electron chi connectivity index (χ1n) is 21.8. The standard InChI is InChI=1S/C54H44N8O6/c1-30(63)55-37-16-8-4-12-33(37)51-41-20-22-43(58-41)52(34-13-5-9-17-38(34)56-31(2)64)45-24-26-47(60-45)54(36-15-7-11-19-40(36)62-49(66)28-29-50(67)68)48-27-25-46(61-48)53(44-23-21-42(51)59-44)35-14-6-10-18-39(35)57-32(3)65/h4-27,58,61H,28-29H2,1-3H3,(H,55,63)(H,56,64)(H,57,65)(H,62,66)(H,67,68). The molecule has 4 amide bonds. The van der Waals surface area contributed by atoms with Crippen LogP contribution < -0.4 is 21.3 Å². The van der Waals surface area contributed by atoms with Crippen LogP contribution in [0, 0.1) is 0 Å². The van der Waals surface area contributed by atoms with Gasteiger partial charge in [-0.25, -0.2) is 9.97 Å². The first-order chi connectivity index (χ1) is 32.9. The van der Waals surface area contributed by atoms with Gasteiger partial charge in [-0.2, -0.15) is 0 Å². The number of aromatic nitrogens is 4. The molecule has 0 saturated carbocycles. The summed E-state index contributed by atoms with van der Waals surface area (Å²) in [6.07, 6.45) is 7.05. The SMILES string of the molecule is CC(=O)Nc1ccccc1-c1c2nc(c(-c3ccccc3NC(C)=O)c3ccc([nH]3)c(-c3ccccc3NC(=O)CCC(=O)O)c3nc(c(-c4ccccc4NC(C)=O)c4ccc1[nH]4)C=C3)C=C2. The molecular weight excluding hydrogens is 857 g/mol. The topological polar surface area (TPSA) is 211 Å². The number of fused-ring (bicyclic) bond motifs is 8. The maximum absolute atomic E-state index is 13.3. The predicted molar refractivity (Wildman–Crippen MR) is 269 cm³/mol. The summed E-state index contributed by atoms with van der Waals surface area (Å²) in [5.74, 6) is -2.31. The lowest BCUT2D eigenvalue weighted by Crippen LogP contribution is -2.13. The van der Waals surface area contributed by atoms with Crippen LogP contribution in [0.3, 0.4) is 0 Å². The van der Waals surface area contributed by atoms with Crippen molar-refractivity contribution in [1.29, 1.82) is 0 Å². The summed E-state index contributed by atoms with van der Waals surface area (Å²) in [4.78, 5) is 80.7. The maximum Gasteiger partial charge on any atom is 0.303 e. The van der Waals surface area contributed by atoms with Crippen LogP contribution in [0.4, 0.5) is 22.7 Å². The summed E-state index contributed by atoms with van der Waals surface area (Å²) in [6, 6.07) is 37.4. The van der Waals surface area contributed by atoms with Crippen molar-refractivity contribution in [3.8, 4) is 44.5 Å². The Morgan fingerprint density at radius 2 is 0.691 bits per heavy atom. The largest absolute Gasteiger partial charge is 0.481 e. The first kappa shape index (κ1) is 44.1. The lowest BCUT2D eigenvalue weighted by atomic mass is 10.0. The summed E-state index contributed by atoms with van der Waals surface area (Å²) < 4.78 is 0. The van der Waals surface area contributed by atoms with Crippen molar-refractivity contribution < 1.29 is 29.1 Å². The van der Waals surface area contributed by atoms with E-state index in [-0.39, 0.29) is 30.6 Å². The van der Waals surface area contributed by atoms with Crippen LogP contribution in [-0.2, 0) is 24.0 Å². The minimum Gasteiger partial charge on any atom is -0.481 e. The number of carboxylic acids is 1. The van der Waals surface area contributed by atoms with Crippen LogP contribution in [0.25, 0.3) is 90.9 Å². The Hall–Kier alpha value is -9.17. The van der Waals surface area contributed by atoms with Crippen molar-refractivity contribution >= 4 is 98.7 Å². The zero-order valence-corrected chi connectivity index (χ0v) is 37.2. The number of H-pyrrole nitrogens is 2. The first-order valence-corrected chi connectivity index (χ1v) is 21.8. The molecule has 0 atom stereocenters. The van der Waals surface area contributed by atoms with Gasteiger partial charge in [-0.15, -0.1) is 0 Å². The Labute approximate surface area is 389 Å². The molecule has 68 heavy (non-hydrogen) atoms. The molecule has 14 heteroatoms. The van der Waals surface area contributed by atoms with E-state index in [9.17, 15) is 29.1 Å². The summed E-state index contributed by atoms with van der Waals surface area (Å²) >= 11 is 0. The van der Waals surface area contributed by atoms with Crippen molar-refractivity contribution in [1.82, 2.24) is 19.9 Å². The smallest absolute Gasteiger partial charge is 0.303 e. The van der Waals surface area contributed by atoms with Gasteiger partial charge in [0.25, 0.3) is 0 Å². The number of aliphatic carboxylic acids is 1. The third-order valence-electron chi connectivity index (χ3n) is 11.3. The third kappa shape index (κ3) is 9.06. The molecule has 0 radical (unpaired) electrons. The van der Waals surface area contributed by atoms with E-state index in [0.29, 0.717) is 112 Å². The van der Waals surface area contributed by atoms with Crippen LogP contribution in [0.2, 0.25) is 0 Å². The van der Waals surface area contributed by atoms with Crippen molar-refractivity contribution in [3.63, 3.8) is 0 Å². The maximum atomic E-state index is 13.3. The number of para-hydroxylation sites is 4. The highest BCUT2D eigenvalue weighted by Gasteiger charge is 2.23. The Balaban J connectivity index is 1.46. The quantitative estimate of drug-likeness (QED) is 0.0662. The molecule has 0 spiro atoms. The number of amides is 4. The van der Waals surface area contributed by atoms with Crippen molar-refractivity contribution in [2.45, 2.75) is 33.6 Å². The molecule has 8 bridgehead atoms. The molecule has 0 aliphatic carbocycles. The molecular formula is C54H44N8O6. The zero-order valence-electron chi connectivity index (χ0n) is 37.2. The molecule has 0 saturated heterocycles. The minimum absolute atomic E-state index is 0.229. The second kappa shape index (κ2) is 18.7. The lowest BCUT2D eigenvalue weighted by molar-refractivity contribution is -0.138. The van der Waals surface area contributed by atoms with E-state index in [1.807, 2.05) is 133 Å². The number of carbonyl (C=O) groups excluding carboxylic acids is 4. The average Bonchev–Trinajstić information content (AvgIpc) is 4.16. The van der Waals surface area contributed by atoms with Crippen LogP contribution in [0.1, 0.15) is 56.4 Å². The Morgan fingerprint density at radius 3 is 0.971 bits per heavy atom. The monoisotopic (exact) mass is 900 g/mol. The molecule has 4 aromatic carbocycles. The fourth-order valence-electron chi connectivity index (χ4n) is 8.58. The molecule has 2 aliphatic rings. The molecule has 3 aromatic heterocycles. The highest BCUT2D eigenvalue weighted by atomic mass is 16.4. The van der Waals surface area contributed by atoms with E-state index >= 15 is 0 Å². The summed E-state index contributed by atoms with van der Waals surface area (Å²) in [5.41, 5.74) is 12.2. The van der Waals surface area contributed by atoms with Gasteiger partial charge in [-0.3, -0.25) is 24.0 Å². The second-order valence-electron chi connectivity index (χ2n) is 16.2. The number of nitrogens with one attached hydrogen (secondary N) is 6. The van der Waals surface area contributed by atoms with Gasteiger partial charge in [-0.05, 0) is 72.8 Å². The molecule has 2 aliphatic heterocycles. The van der Waals surface area contributed by atoms with Gasteiger partial charge >= 0.3 is 5.97 Å². The molecule has 5 heterocycles. The third-order valence-corrected chi connectivity index (χ3v) is 11.3. The van der Waals surface area contributed by atoms with Gasteiger partial charge in [0.15, 0.2) is 0 Å². The molecule has 9 rings (SSSR count). The van der Waals surface area contributed by atoms with Gasteiger partial charge in [0, 0.05) is 117 Å². The fourth-order valence-corrected chi connectivity index (χ4v) is 8.58. The summed E-state index contributed by atoms with van der Waals surface area (Å²) in [7, 11) is 0. The molecule has 336 valence electrons.